The van der Waals surface area contributed by atoms with E-state index in [9.17, 15) is 18.0 Å². The molecule has 10 heteroatoms. The van der Waals surface area contributed by atoms with Crippen LogP contribution in [0, 0.1) is 0 Å². The highest BCUT2D eigenvalue weighted by Gasteiger charge is 2.29. The highest BCUT2D eigenvalue weighted by molar-refractivity contribution is 8.00. The van der Waals surface area contributed by atoms with Crippen molar-refractivity contribution in [3.8, 4) is 0 Å². The van der Waals surface area contributed by atoms with Gasteiger partial charge in [-0.05, 0) is 41.6 Å². The summed E-state index contributed by atoms with van der Waals surface area (Å²) in [6.45, 7) is 0.710. The van der Waals surface area contributed by atoms with Gasteiger partial charge in [0, 0.05) is 18.6 Å². The normalized spacial score (nSPS) is 12.7. The second kappa shape index (κ2) is 9.86. The molecule has 0 bridgehead atoms. The summed E-state index contributed by atoms with van der Waals surface area (Å²) in [5.74, 6) is 0.175. The van der Waals surface area contributed by atoms with Crippen LogP contribution in [0.3, 0.4) is 0 Å². The monoisotopic (exact) mass is 438 g/mol. The van der Waals surface area contributed by atoms with Gasteiger partial charge in [0.05, 0.1) is 30.1 Å². The predicted octanol–water partition coefficient (Wildman–Crippen LogP) is 4.48. The van der Waals surface area contributed by atoms with Gasteiger partial charge in [-0.2, -0.15) is 13.2 Å². The van der Waals surface area contributed by atoms with E-state index >= 15 is 0 Å². The summed E-state index contributed by atoms with van der Waals surface area (Å²) >= 11 is -0.190. The number of halogens is 3. The van der Waals surface area contributed by atoms with Gasteiger partial charge in [-0.3, -0.25) is 4.79 Å². The van der Waals surface area contributed by atoms with Crippen molar-refractivity contribution in [1.82, 2.24) is 15.3 Å². The van der Waals surface area contributed by atoms with Crippen LogP contribution in [-0.2, 0) is 9.53 Å². The van der Waals surface area contributed by atoms with E-state index in [2.05, 4.69) is 20.6 Å². The van der Waals surface area contributed by atoms with Crippen molar-refractivity contribution in [1.29, 1.82) is 0 Å². The molecule has 1 atom stereocenters. The van der Waals surface area contributed by atoms with E-state index in [-0.39, 0.29) is 29.0 Å². The van der Waals surface area contributed by atoms with Gasteiger partial charge in [0.25, 0.3) is 0 Å². The maximum absolute atomic E-state index is 12.8. The van der Waals surface area contributed by atoms with Gasteiger partial charge < -0.3 is 20.4 Å². The molecule has 3 aromatic rings. The lowest BCUT2D eigenvalue weighted by molar-refractivity contribution is -0.121. The first kappa shape index (κ1) is 22.0. The Labute approximate surface area is 175 Å². The number of carbonyl (C=O) groups excluding carboxylic acids is 1. The lowest BCUT2D eigenvalue weighted by Crippen LogP contribution is -2.30. The predicted molar refractivity (Wildman–Crippen MR) is 110 cm³/mol. The zero-order chi connectivity index (χ0) is 21.6. The number of nitrogens with zero attached hydrogens (tertiary/aromatic N) is 1. The Morgan fingerprint density at radius 1 is 1.23 bits per heavy atom. The van der Waals surface area contributed by atoms with Crippen molar-refractivity contribution in [2.24, 2.45) is 0 Å². The standard InChI is InChI=1S/C20H21F3N4O2S/c1-29-10-9-24-18(28)12-17(13-5-4-6-14(11-13)30-20(21,22)23)27-19-25-15-7-2-3-8-16(15)26-19/h2-8,11,17H,9-10,12H2,1H3,(H,24,28)(H2,25,26,27). The smallest absolute Gasteiger partial charge is 0.383 e. The van der Waals surface area contributed by atoms with E-state index in [1.807, 2.05) is 24.3 Å². The molecule has 2 aromatic carbocycles. The fourth-order valence-corrected chi connectivity index (χ4v) is 3.53. The number of rotatable bonds is 9. The maximum atomic E-state index is 12.8. The SMILES string of the molecule is COCCNC(=O)CC(Nc1nc2ccccc2[nH]1)c1cccc(SC(F)(F)F)c1. The topological polar surface area (TPSA) is 79.0 Å². The van der Waals surface area contributed by atoms with E-state index in [1.54, 1.807) is 12.1 Å². The minimum Gasteiger partial charge on any atom is -0.383 e. The first-order valence-corrected chi connectivity index (χ1v) is 9.98. The Hall–Kier alpha value is -2.72. The number of benzene rings is 2. The molecule has 0 fully saturated rings. The summed E-state index contributed by atoms with van der Waals surface area (Å²) in [5, 5.41) is 5.88. The number of imidazole rings is 1. The van der Waals surface area contributed by atoms with Gasteiger partial charge in [-0.15, -0.1) is 0 Å². The molecule has 0 radical (unpaired) electrons. The van der Waals surface area contributed by atoms with Gasteiger partial charge in [0.2, 0.25) is 11.9 Å². The van der Waals surface area contributed by atoms with E-state index < -0.39 is 11.6 Å². The number of methoxy groups -OCH3 is 1. The summed E-state index contributed by atoms with van der Waals surface area (Å²) in [6, 6.07) is 12.9. The minimum atomic E-state index is -4.39. The van der Waals surface area contributed by atoms with E-state index in [4.69, 9.17) is 4.74 Å². The highest BCUT2D eigenvalue weighted by Crippen LogP contribution is 2.38. The molecule has 160 valence electrons. The van der Waals surface area contributed by atoms with Gasteiger partial charge in [0.15, 0.2) is 0 Å². The largest absolute Gasteiger partial charge is 0.446 e. The number of anilines is 1. The molecule has 3 N–H and O–H groups in total. The zero-order valence-corrected chi connectivity index (χ0v) is 16.9. The first-order chi connectivity index (χ1) is 14.3. The number of aromatic amines is 1. The van der Waals surface area contributed by atoms with Gasteiger partial charge in [-0.25, -0.2) is 4.98 Å². The lowest BCUT2D eigenvalue weighted by Gasteiger charge is -2.19. The summed E-state index contributed by atoms with van der Waals surface area (Å²) < 4.78 is 43.3. The first-order valence-electron chi connectivity index (χ1n) is 9.16. The van der Waals surface area contributed by atoms with Gasteiger partial charge in [0.1, 0.15) is 0 Å². The summed E-state index contributed by atoms with van der Waals surface area (Å²) in [5.41, 5.74) is -2.29. The molecule has 0 saturated heterocycles. The molecule has 0 aliphatic rings. The molecule has 1 aromatic heterocycles. The molecule has 6 nitrogen and oxygen atoms in total. The number of alkyl halides is 3. The molecule has 1 heterocycles. The van der Waals surface area contributed by atoms with Crippen molar-refractivity contribution in [3.05, 3.63) is 54.1 Å². The Bertz CT molecular complexity index is 960. The Morgan fingerprint density at radius 2 is 2.03 bits per heavy atom. The van der Waals surface area contributed by atoms with Crippen molar-refractivity contribution in [2.45, 2.75) is 22.9 Å². The Morgan fingerprint density at radius 3 is 2.77 bits per heavy atom. The Kier molecular flexibility index (Phi) is 7.22. The van der Waals surface area contributed by atoms with Crippen molar-refractivity contribution in [3.63, 3.8) is 0 Å². The fraction of sp³-hybridized carbons (Fsp3) is 0.300. The molecule has 0 spiro atoms. The van der Waals surface area contributed by atoms with Gasteiger partial charge >= 0.3 is 5.51 Å². The number of nitrogens with one attached hydrogen (secondary N) is 3. The molecular weight excluding hydrogens is 417 g/mol. The number of hydrogen-bond donors (Lipinski definition) is 3. The minimum absolute atomic E-state index is 0.0148. The van der Waals surface area contributed by atoms with Crippen molar-refractivity contribution >= 4 is 34.7 Å². The maximum Gasteiger partial charge on any atom is 0.446 e. The van der Waals surface area contributed by atoms with Crippen LogP contribution in [0.2, 0.25) is 0 Å². The number of carbonyl (C=O) groups is 1. The number of para-hydroxylation sites is 2. The van der Waals surface area contributed by atoms with Crippen LogP contribution in [0.15, 0.2) is 53.4 Å². The second-order valence-electron chi connectivity index (χ2n) is 6.47. The average Bonchev–Trinajstić information content (AvgIpc) is 3.09. The third-order valence-corrected chi connectivity index (χ3v) is 4.93. The third kappa shape index (κ3) is 6.39. The lowest BCUT2D eigenvalue weighted by atomic mass is 10.0. The number of H-pyrrole nitrogens is 1. The average molecular weight is 438 g/mol. The van der Waals surface area contributed by atoms with E-state index in [0.29, 0.717) is 24.7 Å². The van der Waals surface area contributed by atoms with Crippen molar-refractivity contribution in [2.75, 3.05) is 25.6 Å². The highest BCUT2D eigenvalue weighted by atomic mass is 32.2. The molecular formula is C20H21F3N4O2S. The summed E-state index contributed by atoms with van der Waals surface area (Å²) in [6.07, 6.45) is 0.0148. The molecule has 30 heavy (non-hydrogen) atoms. The number of aromatic nitrogens is 2. The number of hydrogen-bond acceptors (Lipinski definition) is 5. The molecule has 1 unspecified atom stereocenters. The number of fused-ring (bicyclic) bond motifs is 1. The van der Waals surface area contributed by atoms with Gasteiger partial charge in [-0.1, -0.05) is 24.3 Å². The van der Waals surface area contributed by atoms with Crippen LogP contribution in [0.1, 0.15) is 18.0 Å². The quantitative estimate of drug-likeness (QED) is 0.339. The molecule has 1 amide bonds. The van der Waals surface area contributed by atoms with Crippen LogP contribution in [0.4, 0.5) is 19.1 Å². The number of ether oxygens (including phenoxy) is 1. The molecule has 0 aliphatic carbocycles. The summed E-state index contributed by atoms with van der Waals surface area (Å²) in [4.78, 5) is 20.0. The summed E-state index contributed by atoms with van der Waals surface area (Å²) in [7, 11) is 1.53. The molecule has 3 rings (SSSR count). The van der Waals surface area contributed by atoms with E-state index in [1.165, 1.54) is 19.2 Å². The van der Waals surface area contributed by atoms with Crippen LogP contribution in [0.5, 0.6) is 0 Å². The molecule has 0 saturated carbocycles. The van der Waals surface area contributed by atoms with Crippen LogP contribution >= 0.6 is 11.8 Å². The van der Waals surface area contributed by atoms with Crippen molar-refractivity contribution < 1.29 is 22.7 Å². The third-order valence-electron chi connectivity index (χ3n) is 4.21. The van der Waals surface area contributed by atoms with Crippen LogP contribution < -0.4 is 10.6 Å². The zero-order valence-electron chi connectivity index (χ0n) is 16.1. The van der Waals surface area contributed by atoms with Crippen LogP contribution in [-0.4, -0.2) is 41.6 Å². The fourth-order valence-electron chi connectivity index (χ4n) is 2.92. The second-order valence-corrected chi connectivity index (χ2v) is 7.61. The Balaban J connectivity index is 1.83. The van der Waals surface area contributed by atoms with E-state index in [0.717, 1.165) is 11.0 Å². The number of amides is 1. The van der Waals surface area contributed by atoms with Crippen LogP contribution in [0.25, 0.3) is 11.0 Å². The molecule has 0 aliphatic heterocycles. The number of thioether (sulfide) groups is 1.